The summed E-state index contributed by atoms with van der Waals surface area (Å²) < 4.78 is 2.17. The zero-order valence-corrected chi connectivity index (χ0v) is 8.75. The average Bonchev–Trinajstić information content (AvgIpc) is 2.55. The van der Waals surface area contributed by atoms with Crippen LogP contribution in [0.25, 0.3) is 10.9 Å². The molecule has 2 heteroatoms. The molecule has 0 aliphatic carbocycles. The summed E-state index contributed by atoms with van der Waals surface area (Å²) in [6.45, 7) is 2.80. The van der Waals surface area contributed by atoms with Crippen LogP contribution in [0.5, 0.6) is 0 Å². The van der Waals surface area contributed by atoms with Gasteiger partial charge in [0.15, 0.2) is 0 Å². The van der Waals surface area contributed by atoms with Gasteiger partial charge < -0.3 is 10.3 Å². The number of nitrogens with two attached hydrogens (primary N) is 1. The molecule has 0 saturated carbocycles. The third-order valence-electron chi connectivity index (χ3n) is 2.75. The van der Waals surface area contributed by atoms with E-state index in [2.05, 4.69) is 42.9 Å². The standard InChI is InChI=1S/C12H16N2/c1-3-10-8-14(2)12-6-9(7-13)4-5-11(10)12/h4-6,8H,3,7,13H2,1-2H3. The van der Waals surface area contributed by atoms with E-state index < -0.39 is 0 Å². The molecule has 14 heavy (non-hydrogen) atoms. The number of aromatic nitrogens is 1. The number of benzene rings is 1. The maximum absolute atomic E-state index is 5.62. The van der Waals surface area contributed by atoms with Gasteiger partial charge in [-0.2, -0.15) is 0 Å². The smallest absolute Gasteiger partial charge is 0.0483 e. The molecular weight excluding hydrogens is 172 g/mol. The Kier molecular flexibility index (Phi) is 2.30. The molecule has 2 rings (SSSR count). The van der Waals surface area contributed by atoms with Crippen LogP contribution in [0.4, 0.5) is 0 Å². The van der Waals surface area contributed by atoms with Crippen molar-refractivity contribution in [2.24, 2.45) is 12.8 Å². The van der Waals surface area contributed by atoms with Crippen LogP contribution < -0.4 is 5.73 Å². The summed E-state index contributed by atoms with van der Waals surface area (Å²) in [5.41, 5.74) is 9.51. The lowest BCUT2D eigenvalue weighted by molar-refractivity contribution is 0.951. The van der Waals surface area contributed by atoms with Crippen LogP contribution in [0.3, 0.4) is 0 Å². The minimum absolute atomic E-state index is 0.614. The number of fused-ring (bicyclic) bond motifs is 1. The van der Waals surface area contributed by atoms with E-state index in [4.69, 9.17) is 5.73 Å². The van der Waals surface area contributed by atoms with Gasteiger partial charge in [-0.3, -0.25) is 0 Å². The average molecular weight is 188 g/mol. The van der Waals surface area contributed by atoms with Gasteiger partial charge in [0.1, 0.15) is 0 Å². The van der Waals surface area contributed by atoms with E-state index in [-0.39, 0.29) is 0 Å². The molecule has 0 spiro atoms. The first-order valence-electron chi connectivity index (χ1n) is 5.03. The molecule has 74 valence electrons. The fourth-order valence-corrected chi connectivity index (χ4v) is 1.92. The number of nitrogens with zero attached hydrogens (tertiary/aromatic N) is 1. The van der Waals surface area contributed by atoms with Gasteiger partial charge in [0, 0.05) is 30.7 Å². The molecule has 1 aromatic carbocycles. The fourth-order valence-electron chi connectivity index (χ4n) is 1.92. The Morgan fingerprint density at radius 1 is 1.36 bits per heavy atom. The van der Waals surface area contributed by atoms with Gasteiger partial charge in [0.05, 0.1) is 0 Å². The Morgan fingerprint density at radius 2 is 2.14 bits per heavy atom. The van der Waals surface area contributed by atoms with Crippen LogP contribution in [-0.4, -0.2) is 4.57 Å². The van der Waals surface area contributed by atoms with Crippen molar-refractivity contribution >= 4 is 10.9 Å². The van der Waals surface area contributed by atoms with Gasteiger partial charge in [0.25, 0.3) is 0 Å². The molecular formula is C12H16N2. The van der Waals surface area contributed by atoms with E-state index >= 15 is 0 Å². The maximum atomic E-state index is 5.62. The fraction of sp³-hybridized carbons (Fsp3) is 0.333. The monoisotopic (exact) mass is 188 g/mol. The lowest BCUT2D eigenvalue weighted by Crippen LogP contribution is -1.96. The largest absolute Gasteiger partial charge is 0.350 e. The molecule has 0 saturated heterocycles. The number of hydrogen-bond donors (Lipinski definition) is 1. The van der Waals surface area contributed by atoms with Gasteiger partial charge in [-0.1, -0.05) is 19.1 Å². The van der Waals surface area contributed by atoms with Crippen LogP contribution in [0, 0.1) is 0 Å². The predicted molar refractivity (Wildman–Crippen MR) is 60.2 cm³/mol. The highest BCUT2D eigenvalue weighted by molar-refractivity contribution is 5.84. The minimum Gasteiger partial charge on any atom is -0.350 e. The second-order valence-electron chi connectivity index (χ2n) is 3.67. The zero-order valence-electron chi connectivity index (χ0n) is 8.75. The highest BCUT2D eigenvalue weighted by Gasteiger charge is 2.04. The van der Waals surface area contributed by atoms with Crippen molar-refractivity contribution in [1.82, 2.24) is 4.57 Å². The highest BCUT2D eigenvalue weighted by Crippen LogP contribution is 2.22. The second-order valence-corrected chi connectivity index (χ2v) is 3.67. The molecule has 2 N–H and O–H groups in total. The third-order valence-corrected chi connectivity index (χ3v) is 2.75. The van der Waals surface area contributed by atoms with Crippen molar-refractivity contribution in [3.8, 4) is 0 Å². The van der Waals surface area contributed by atoms with E-state index in [1.807, 2.05) is 0 Å². The molecule has 2 nitrogen and oxygen atoms in total. The Bertz CT molecular complexity index is 455. The quantitative estimate of drug-likeness (QED) is 0.769. The molecule has 0 radical (unpaired) electrons. The summed E-state index contributed by atoms with van der Waals surface area (Å²) in [7, 11) is 2.09. The molecule has 0 atom stereocenters. The first-order chi connectivity index (χ1) is 6.76. The summed E-state index contributed by atoms with van der Waals surface area (Å²) in [6.07, 6.45) is 3.28. The van der Waals surface area contributed by atoms with Crippen molar-refractivity contribution in [1.29, 1.82) is 0 Å². The van der Waals surface area contributed by atoms with Crippen molar-refractivity contribution < 1.29 is 0 Å². The van der Waals surface area contributed by atoms with Gasteiger partial charge in [-0.25, -0.2) is 0 Å². The molecule has 1 aromatic heterocycles. The molecule has 0 unspecified atom stereocenters. The molecule has 2 aromatic rings. The minimum atomic E-state index is 0.614. The number of hydrogen-bond acceptors (Lipinski definition) is 1. The van der Waals surface area contributed by atoms with E-state index in [1.165, 1.54) is 22.0 Å². The molecule has 0 amide bonds. The van der Waals surface area contributed by atoms with Gasteiger partial charge in [-0.15, -0.1) is 0 Å². The normalized spacial score (nSPS) is 11.1. The predicted octanol–water partition coefficient (Wildman–Crippen LogP) is 2.20. The number of rotatable bonds is 2. The van der Waals surface area contributed by atoms with Gasteiger partial charge in [-0.05, 0) is 23.6 Å². The van der Waals surface area contributed by atoms with Crippen molar-refractivity contribution in [2.75, 3.05) is 0 Å². The van der Waals surface area contributed by atoms with Gasteiger partial charge in [0.2, 0.25) is 0 Å². The van der Waals surface area contributed by atoms with E-state index in [0.29, 0.717) is 6.54 Å². The molecule has 0 aliphatic rings. The summed E-state index contributed by atoms with van der Waals surface area (Å²) >= 11 is 0. The Labute approximate surface area is 84.3 Å². The maximum Gasteiger partial charge on any atom is 0.0483 e. The first-order valence-corrected chi connectivity index (χ1v) is 5.03. The Morgan fingerprint density at radius 3 is 2.79 bits per heavy atom. The zero-order chi connectivity index (χ0) is 10.1. The SMILES string of the molecule is CCc1cn(C)c2cc(CN)ccc12. The number of aryl methyl sites for hydroxylation is 2. The lowest BCUT2D eigenvalue weighted by atomic mass is 10.1. The molecule has 0 aliphatic heterocycles. The topological polar surface area (TPSA) is 30.9 Å². The summed E-state index contributed by atoms with van der Waals surface area (Å²) in [5.74, 6) is 0. The Hall–Kier alpha value is -1.28. The van der Waals surface area contributed by atoms with E-state index in [0.717, 1.165) is 6.42 Å². The molecule has 0 fully saturated rings. The van der Waals surface area contributed by atoms with Crippen LogP contribution in [-0.2, 0) is 20.0 Å². The molecule has 1 heterocycles. The lowest BCUT2D eigenvalue weighted by Gasteiger charge is -1.99. The Balaban J connectivity index is 2.70. The van der Waals surface area contributed by atoms with Crippen molar-refractivity contribution in [3.05, 3.63) is 35.5 Å². The third kappa shape index (κ3) is 1.32. The van der Waals surface area contributed by atoms with Crippen LogP contribution in [0.1, 0.15) is 18.1 Å². The van der Waals surface area contributed by atoms with Crippen molar-refractivity contribution in [3.63, 3.8) is 0 Å². The summed E-state index contributed by atoms with van der Waals surface area (Å²) in [5, 5.41) is 1.35. The summed E-state index contributed by atoms with van der Waals surface area (Å²) in [4.78, 5) is 0. The van der Waals surface area contributed by atoms with E-state index in [9.17, 15) is 0 Å². The van der Waals surface area contributed by atoms with Gasteiger partial charge >= 0.3 is 0 Å². The van der Waals surface area contributed by atoms with Crippen LogP contribution in [0.2, 0.25) is 0 Å². The van der Waals surface area contributed by atoms with Crippen LogP contribution in [0.15, 0.2) is 24.4 Å². The van der Waals surface area contributed by atoms with Crippen LogP contribution >= 0.6 is 0 Å². The second kappa shape index (κ2) is 3.46. The van der Waals surface area contributed by atoms with E-state index in [1.54, 1.807) is 0 Å². The summed E-state index contributed by atoms with van der Waals surface area (Å²) in [6, 6.07) is 6.46. The van der Waals surface area contributed by atoms with Crippen molar-refractivity contribution in [2.45, 2.75) is 19.9 Å². The molecule has 0 bridgehead atoms. The first kappa shape index (κ1) is 9.28. The highest BCUT2D eigenvalue weighted by atomic mass is 14.9.